The van der Waals surface area contributed by atoms with E-state index < -0.39 is 0 Å². The molecule has 0 unspecified atom stereocenters. The van der Waals surface area contributed by atoms with E-state index in [0.29, 0.717) is 5.95 Å². The van der Waals surface area contributed by atoms with Gasteiger partial charge in [-0.2, -0.15) is 0 Å². The summed E-state index contributed by atoms with van der Waals surface area (Å²) in [6.07, 6.45) is 0. The largest absolute Gasteiger partial charge is 0.455 e. The number of furan rings is 1. The number of hydrogen-bond acceptors (Lipinski definition) is 11. The van der Waals surface area contributed by atoms with Gasteiger partial charge in [-0.1, -0.05) is 287 Å². The van der Waals surface area contributed by atoms with Crippen LogP contribution < -0.4 is 0 Å². The lowest BCUT2D eigenvalue weighted by Gasteiger charge is -2.22. The molecular weight excluding hydrogens is 1680 g/mol. The number of fused-ring (bicyclic) bond motifs is 30. The summed E-state index contributed by atoms with van der Waals surface area (Å²) in [4.78, 5) is 34.3. The molecule has 10 nitrogen and oxygen atoms in total. The lowest BCUT2D eigenvalue weighted by Crippen LogP contribution is -2.15. The van der Waals surface area contributed by atoms with Gasteiger partial charge >= 0.3 is 0 Å². The second-order valence-corrected chi connectivity index (χ2v) is 38.3. The summed E-state index contributed by atoms with van der Waals surface area (Å²) in [5.41, 5.74) is 24.5. The van der Waals surface area contributed by atoms with E-state index in [4.69, 9.17) is 34.3 Å². The fourth-order valence-corrected chi connectivity index (χ4v) is 25.2. The summed E-state index contributed by atoms with van der Waals surface area (Å²) in [7, 11) is 0. The van der Waals surface area contributed by atoms with Gasteiger partial charge in [0.25, 0.3) is 0 Å². The Morgan fingerprint density at radius 2 is 0.634 bits per heavy atom. The molecule has 0 aliphatic heterocycles. The van der Waals surface area contributed by atoms with Gasteiger partial charge in [-0.15, -0.1) is 45.3 Å². The third-order valence-electron chi connectivity index (χ3n) is 26.5. The minimum Gasteiger partial charge on any atom is -0.455 e. The maximum Gasteiger partial charge on any atom is 0.236 e. The molecular formula is C117H71N9OS4. The van der Waals surface area contributed by atoms with Crippen molar-refractivity contribution in [3.05, 3.63) is 405 Å². The van der Waals surface area contributed by atoms with Crippen molar-refractivity contribution < 1.29 is 4.42 Å². The molecule has 1 aliphatic carbocycles. The molecule has 0 spiro atoms. The van der Waals surface area contributed by atoms with Gasteiger partial charge in [0, 0.05) is 149 Å². The van der Waals surface area contributed by atoms with Gasteiger partial charge in [-0.25, -0.2) is 29.9 Å². The van der Waals surface area contributed by atoms with E-state index in [1.807, 2.05) is 35.6 Å². The summed E-state index contributed by atoms with van der Waals surface area (Å²) in [6.45, 7) is 4.72. The molecule has 0 fully saturated rings. The molecule has 131 heavy (non-hydrogen) atoms. The van der Waals surface area contributed by atoms with Crippen molar-refractivity contribution in [2.75, 3.05) is 0 Å². The number of para-hydroxylation sites is 4. The quantitative estimate of drug-likeness (QED) is 0.149. The maximum absolute atomic E-state index is 6.48. The van der Waals surface area contributed by atoms with Crippen LogP contribution in [0.5, 0.6) is 0 Å². The molecule has 14 heteroatoms. The van der Waals surface area contributed by atoms with E-state index in [9.17, 15) is 0 Å². The van der Waals surface area contributed by atoms with Crippen molar-refractivity contribution in [3.63, 3.8) is 0 Å². The molecule has 1 aliphatic rings. The second-order valence-electron chi connectivity index (χ2n) is 34.2. The highest BCUT2D eigenvalue weighted by atomic mass is 32.1. The molecule has 0 radical (unpaired) electrons. The average Bonchev–Trinajstić information content (AvgIpc) is 1.53. The van der Waals surface area contributed by atoms with Gasteiger partial charge < -0.3 is 13.6 Å². The molecule has 614 valence electrons. The van der Waals surface area contributed by atoms with Gasteiger partial charge in [-0.3, -0.25) is 4.57 Å². The number of benzene rings is 17. The number of hydrogen-bond donors (Lipinski definition) is 0. The maximum atomic E-state index is 6.48. The van der Waals surface area contributed by atoms with Crippen molar-refractivity contribution in [3.8, 4) is 85.0 Å². The molecule has 11 aromatic heterocycles. The molecule has 0 saturated heterocycles. The molecule has 0 amide bonds. The fraction of sp³-hybridized carbons (Fsp3) is 0.0256. The Balaban J connectivity index is 0.000000101. The monoisotopic (exact) mass is 1750 g/mol. The van der Waals surface area contributed by atoms with Gasteiger partial charge in [0.1, 0.15) is 25.7 Å². The molecule has 29 rings (SSSR count). The van der Waals surface area contributed by atoms with Crippen LogP contribution in [0.2, 0.25) is 0 Å². The predicted octanol–water partition coefficient (Wildman–Crippen LogP) is 32.7. The Morgan fingerprint density at radius 3 is 1.17 bits per heavy atom. The zero-order valence-electron chi connectivity index (χ0n) is 70.6. The third kappa shape index (κ3) is 11.7. The Labute approximate surface area is 765 Å². The van der Waals surface area contributed by atoms with Crippen LogP contribution in [-0.2, 0) is 5.41 Å². The zero-order chi connectivity index (χ0) is 86.3. The van der Waals surface area contributed by atoms with Crippen molar-refractivity contribution in [2.24, 2.45) is 0 Å². The summed E-state index contributed by atoms with van der Waals surface area (Å²) in [5.74, 6) is 2.18. The minimum absolute atomic E-state index is 0.119. The van der Waals surface area contributed by atoms with Crippen LogP contribution in [0, 0.1) is 0 Å². The van der Waals surface area contributed by atoms with Crippen LogP contribution in [0.3, 0.4) is 0 Å². The highest BCUT2D eigenvalue weighted by Gasteiger charge is 2.39. The van der Waals surface area contributed by atoms with Crippen LogP contribution >= 0.6 is 45.3 Å². The van der Waals surface area contributed by atoms with Gasteiger partial charge in [0.2, 0.25) is 5.95 Å². The topological polar surface area (TPSA) is 105 Å². The van der Waals surface area contributed by atoms with Gasteiger partial charge in [0.05, 0.1) is 55.6 Å². The molecule has 0 N–H and O–H groups in total. The first kappa shape index (κ1) is 75.2. The summed E-state index contributed by atoms with van der Waals surface area (Å²) in [6, 6.07) is 140. The van der Waals surface area contributed by atoms with Crippen molar-refractivity contribution in [2.45, 2.75) is 19.3 Å². The predicted molar refractivity (Wildman–Crippen MR) is 553 cm³/mol. The van der Waals surface area contributed by atoms with Gasteiger partial charge in [-0.05, 0) is 144 Å². The fourth-order valence-electron chi connectivity index (χ4n) is 20.7. The first-order valence-corrected chi connectivity index (χ1v) is 47.3. The first-order valence-electron chi connectivity index (χ1n) is 44.0. The highest BCUT2D eigenvalue weighted by Crippen LogP contribution is 2.55. The van der Waals surface area contributed by atoms with E-state index in [0.717, 1.165) is 148 Å². The van der Waals surface area contributed by atoms with Crippen LogP contribution in [0.1, 0.15) is 25.0 Å². The number of rotatable bonds is 8. The lowest BCUT2D eigenvalue weighted by atomic mass is 9.80. The minimum atomic E-state index is -0.119. The first-order chi connectivity index (χ1) is 64.7. The van der Waals surface area contributed by atoms with E-state index >= 15 is 0 Å². The molecule has 0 saturated carbocycles. The summed E-state index contributed by atoms with van der Waals surface area (Å²) in [5, 5.41) is 19.3. The number of thiophene rings is 4. The molecule has 0 bridgehead atoms. The van der Waals surface area contributed by atoms with E-state index in [-0.39, 0.29) is 5.41 Å². The van der Waals surface area contributed by atoms with Crippen LogP contribution in [0.25, 0.3) is 253 Å². The lowest BCUT2D eigenvalue weighted by molar-refractivity contribution is 0.666. The second kappa shape index (κ2) is 29.6. The molecule has 28 aromatic rings. The number of nitrogens with zero attached hydrogens (tertiary/aromatic N) is 9. The Hall–Kier alpha value is -15.9. The Bertz CT molecular complexity index is 9210. The summed E-state index contributed by atoms with van der Waals surface area (Å²) >= 11 is 7.08. The van der Waals surface area contributed by atoms with Crippen LogP contribution in [0.4, 0.5) is 0 Å². The Morgan fingerprint density at radius 1 is 0.244 bits per heavy atom. The highest BCUT2D eigenvalue weighted by molar-refractivity contribution is 7.27. The van der Waals surface area contributed by atoms with Crippen molar-refractivity contribution in [1.82, 2.24) is 43.6 Å². The van der Waals surface area contributed by atoms with Crippen LogP contribution in [0.15, 0.2) is 399 Å². The third-order valence-corrected chi connectivity index (χ3v) is 30.9. The SMILES string of the molecule is CC1(C)c2ccccc2-c2ccc3c(c21)c1ccccc1n3-c1nc(-c2ccccc2)c2c(n1)sc1ccccc12.c1ccc(-c2nc(-c3ccc(-n4c5ccccc5c5c6oc7ccccc7c6ccc54)cc3)nc3sc4ccccc4c23)cc1.c1ccc(-c2nc(-c3ccc(-n4c5ccccc5c5c6sc7ccccc7c6ccc54)cc3)nc3sc4ccccc4c23)cc1. The zero-order valence-corrected chi connectivity index (χ0v) is 73.9. The normalized spacial score (nSPS) is 12.6. The van der Waals surface area contributed by atoms with Crippen molar-refractivity contribution >= 4 is 214 Å². The smallest absolute Gasteiger partial charge is 0.236 e. The van der Waals surface area contributed by atoms with Gasteiger partial charge in [0.15, 0.2) is 11.6 Å². The van der Waals surface area contributed by atoms with E-state index in [1.54, 1.807) is 34.0 Å². The molecule has 17 aromatic carbocycles. The van der Waals surface area contributed by atoms with Crippen LogP contribution in [-0.4, -0.2) is 43.6 Å². The average molecular weight is 1750 g/mol. The molecule has 11 heterocycles. The van der Waals surface area contributed by atoms with E-state index in [2.05, 4.69) is 398 Å². The summed E-state index contributed by atoms with van der Waals surface area (Å²) < 4.78 is 19.8. The standard InChI is InChI=1S/C40H23N3OS.C40H23N3S2.C37H25N3S/c2*1-2-10-24(11-3-1)37-36-30-14-6-9-17-34(30)45-40(36)42-39(41-37)25-18-20-26(21-19-25)43-31-15-7-4-13-29(31)35-32(43)23-22-28-27-12-5-8-16-33(27)44-38(28)35;1-37(2)27-17-9-6-14-23(27)24-20-21-29-31(33(24)37)25-15-7-10-18-28(25)40(29)36-38-34(22-12-4-3-5-13-22)32-26-16-8-11-19-30(26)41-35(32)39-36/h2*1-23H;3-21H,1-2H3. The van der Waals surface area contributed by atoms with E-state index in [1.165, 1.54) is 111 Å². The van der Waals surface area contributed by atoms with Crippen molar-refractivity contribution in [1.29, 1.82) is 0 Å². The Kier molecular flexibility index (Phi) is 17.0. The molecule has 0 atom stereocenters. The number of aromatic nitrogens is 9.